The highest BCUT2D eigenvalue weighted by Crippen LogP contribution is 2.01. The van der Waals surface area contributed by atoms with Crippen LogP contribution in [-0.4, -0.2) is 43.4 Å². The number of likely N-dealkylation sites (N-methyl/N-ethyl adjacent to an activating group) is 1. The van der Waals surface area contributed by atoms with Gasteiger partial charge in [0.25, 0.3) is 0 Å². The van der Waals surface area contributed by atoms with E-state index in [4.69, 9.17) is 0 Å². The zero-order chi connectivity index (χ0) is 8.91. The molecule has 0 radical (unpaired) electrons. The lowest BCUT2D eigenvalue weighted by molar-refractivity contribution is -0.873. The average molecular weight is 158 g/mol. The average Bonchev–Trinajstić information content (AvgIpc) is 1.79. The molecule has 0 aliphatic rings. The molecular weight excluding hydrogens is 138 g/mol. The van der Waals surface area contributed by atoms with Gasteiger partial charge in [-0.3, -0.25) is 0 Å². The Labute approximate surface area is 69.7 Å². The zero-order valence-electron chi connectivity index (χ0n) is 7.88. The molecule has 0 aliphatic heterocycles. The molecule has 66 valence electrons. The maximum absolute atomic E-state index is 9.45. The van der Waals surface area contributed by atoms with Crippen LogP contribution in [0.5, 0.6) is 0 Å². The molecule has 1 atom stereocenters. The van der Waals surface area contributed by atoms with E-state index in [0.29, 0.717) is 0 Å². The van der Waals surface area contributed by atoms with Crippen LogP contribution in [0.15, 0.2) is 12.7 Å². The summed E-state index contributed by atoms with van der Waals surface area (Å²) in [5, 5.41) is 9.45. The maximum Gasteiger partial charge on any atom is 0.104 e. The first-order valence-corrected chi connectivity index (χ1v) is 4.05. The molecule has 0 aromatic rings. The molecule has 1 N–H and O–H groups in total. The third-order valence-corrected chi connectivity index (χ3v) is 1.46. The Hall–Kier alpha value is -0.340. The molecule has 0 spiro atoms. The molecule has 0 bridgehead atoms. The number of hydrogen-bond acceptors (Lipinski definition) is 1. The lowest BCUT2D eigenvalue weighted by Gasteiger charge is -2.26. The van der Waals surface area contributed by atoms with Crippen molar-refractivity contribution in [1.29, 1.82) is 0 Å². The molecule has 0 rings (SSSR count). The van der Waals surface area contributed by atoms with Crippen LogP contribution < -0.4 is 0 Å². The zero-order valence-corrected chi connectivity index (χ0v) is 7.88. The van der Waals surface area contributed by atoms with Gasteiger partial charge in [-0.15, -0.1) is 6.58 Å². The summed E-state index contributed by atoms with van der Waals surface area (Å²) in [7, 11) is 6.24. The second kappa shape index (κ2) is 4.52. The van der Waals surface area contributed by atoms with E-state index < -0.39 is 0 Å². The first-order chi connectivity index (χ1) is 4.95. The van der Waals surface area contributed by atoms with E-state index in [1.54, 1.807) is 0 Å². The Morgan fingerprint density at radius 2 is 2.00 bits per heavy atom. The number of nitrogens with zero attached hydrogens (tertiary/aromatic N) is 1. The molecule has 11 heavy (non-hydrogen) atoms. The minimum Gasteiger partial charge on any atom is -0.387 e. The summed E-state index contributed by atoms with van der Waals surface area (Å²) < 4.78 is 0.818. The molecule has 0 saturated carbocycles. The van der Waals surface area contributed by atoms with Crippen LogP contribution in [0.2, 0.25) is 0 Å². The lowest BCUT2D eigenvalue weighted by atomic mass is 10.2. The highest BCUT2D eigenvalue weighted by Gasteiger charge is 2.13. The topological polar surface area (TPSA) is 20.2 Å². The number of aliphatic hydroxyl groups excluding tert-OH is 1. The van der Waals surface area contributed by atoms with Crippen molar-refractivity contribution in [2.75, 3.05) is 27.7 Å². The summed E-state index contributed by atoms with van der Waals surface area (Å²) in [4.78, 5) is 0. The summed E-state index contributed by atoms with van der Waals surface area (Å²) in [6.07, 6.45) is 3.40. The summed E-state index contributed by atoms with van der Waals surface area (Å²) in [5.74, 6) is 0. The number of hydrogen-bond donors (Lipinski definition) is 1. The number of aliphatic hydroxyl groups is 1. The normalized spacial score (nSPS) is 14.5. The SMILES string of the molecule is C=CCCC(O)C[N+](C)(C)C. The van der Waals surface area contributed by atoms with Crippen molar-refractivity contribution in [3.05, 3.63) is 12.7 Å². The predicted molar refractivity (Wildman–Crippen MR) is 48.3 cm³/mol. The van der Waals surface area contributed by atoms with Crippen molar-refractivity contribution in [3.8, 4) is 0 Å². The van der Waals surface area contributed by atoms with Crippen LogP contribution in [0.3, 0.4) is 0 Å². The van der Waals surface area contributed by atoms with E-state index >= 15 is 0 Å². The van der Waals surface area contributed by atoms with E-state index in [9.17, 15) is 5.11 Å². The van der Waals surface area contributed by atoms with Gasteiger partial charge in [0.05, 0.1) is 21.1 Å². The van der Waals surface area contributed by atoms with Crippen molar-refractivity contribution in [2.24, 2.45) is 0 Å². The summed E-state index contributed by atoms with van der Waals surface area (Å²) in [5.41, 5.74) is 0. The van der Waals surface area contributed by atoms with Crippen LogP contribution in [0.1, 0.15) is 12.8 Å². The van der Waals surface area contributed by atoms with Gasteiger partial charge in [0.15, 0.2) is 0 Å². The Morgan fingerprint density at radius 1 is 1.45 bits per heavy atom. The molecule has 0 aromatic carbocycles. The van der Waals surface area contributed by atoms with E-state index in [1.165, 1.54) is 0 Å². The van der Waals surface area contributed by atoms with Gasteiger partial charge in [-0.2, -0.15) is 0 Å². The molecule has 1 unspecified atom stereocenters. The van der Waals surface area contributed by atoms with E-state index in [1.807, 2.05) is 6.08 Å². The van der Waals surface area contributed by atoms with Gasteiger partial charge >= 0.3 is 0 Å². The quantitative estimate of drug-likeness (QED) is 0.468. The molecule has 0 amide bonds. The molecule has 0 saturated heterocycles. The second-order valence-corrected chi connectivity index (χ2v) is 3.99. The van der Waals surface area contributed by atoms with Crippen molar-refractivity contribution in [2.45, 2.75) is 18.9 Å². The molecule has 0 aliphatic carbocycles. The van der Waals surface area contributed by atoms with Crippen LogP contribution in [0.25, 0.3) is 0 Å². The largest absolute Gasteiger partial charge is 0.387 e. The van der Waals surface area contributed by atoms with Gasteiger partial charge < -0.3 is 9.59 Å². The Kier molecular flexibility index (Phi) is 4.38. The van der Waals surface area contributed by atoms with Crippen LogP contribution in [0.4, 0.5) is 0 Å². The van der Waals surface area contributed by atoms with Gasteiger partial charge in [-0.1, -0.05) is 6.08 Å². The highest BCUT2D eigenvalue weighted by molar-refractivity contribution is 4.68. The maximum atomic E-state index is 9.45. The van der Waals surface area contributed by atoms with Crippen LogP contribution >= 0.6 is 0 Å². The summed E-state index contributed by atoms with van der Waals surface area (Å²) in [6, 6.07) is 0. The van der Waals surface area contributed by atoms with Crippen molar-refractivity contribution < 1.29 is 9.59 Å². The van der Waals surface area contributed by atoms with E-state index in [-0.39, 0.29) is 6.10 Å². The van der Waals surface area contributed by atoms with Gasteiger partial charge in [0.2, 0.25) is 0 Å². The fraction of sp³-hybridized carbons (Fsp3) is 0.778. The fourth-order valence-electron chi connectivity index (χ4n) is 1.03. The number of allylic oxidation sites excluding steroid dienone is 1. The van der Waals surface area contributed by atoms with Crippen LogP contribution in [0, 0.1) is 0 Å². The van der Waals surface area contributed by atoms with Gasteiger partial charge in [-0.05, 0) is 12.8 Å². The van der Waals surface area contributed by atoms with Crippen molar-refractivity contribution in [3.63, 3.8) is 0 Å². The molecule has 2 heteroatoms. The van der Waals surface area contributed by atoms with Crippen LogP contribution in [-0.2, 0) is 0 Å². The predicted octanol–water partition coefficient (Wildman–Crippen LogP) is 1.02. The van der Waals surface area contributed by atoms with E-state index in [0.717, 1.165) is 23.9 Å². The number of rotatable bonds is 5. The van der Waals surface area contributed by atoms with Gasteiger partial charge in [0, 0.05) is 0 Å². The van der Waals surface area contributed by atoms with Crippen molar-refractivity contribution >= 4 is 0 Å². The van der Waals surface area contributed by atoms with E-state index in [2.05, 4.69) is 27.7 Å². The summed E-state index contributed by atoms with van der Waals surface area (Å²) >= 11 is 0. The first-order valence-electron chi connectivity index (χ1n) is 4.05. The Bertz CT molecular complexity index is 115. The Balaban J connectivity index is 3.51. The van der Waals surface area contributed by atoms with Gasteiger partial charge in [-0.25, -0.2) is 0 Å². The number of quaternary nitrogens is 1. The third kappa shape index (κ3) is 7.56. The minimum atomic E-state index is -0.187. The third-order valence-electron chi connectivity index (χ3n) is 1.46. The Morgan fingerprint density at radius 3 is 2.36 bits per heavy atom. The smallest absolute Gasteiger partial charge is 0.104 e. The molecule has 0 aromatic heterocycles. The molecule has 0 fully saturated rings. The molecule has 0 heterocycles. The monoisotopic (exact) mass is 158 g/mol. The standard InChI is InChI=1S/C9H20NO/c1-5-6-7-9(11)8-10(2,3)4/h5,9,11H,1,6-8H2,2-4H3/q+1. The van der Waals surface area contributed by atoms with Crippen molar-refractivity contribution in [1.82, 2.24) is 0 Å². The fourth-order valence-corrected chi connectivity index (χ4v) is 1.03. The lowest BCUT2D eigenvalue weighted by Crippen LogP contribution is -2.41. The van der Waals surface area contributed by atoms with Gasteiger partial charge in [0.1, 0.15) is 12.6 Å². The molecular formula is C9H20NO+. The second-order valence-electron chi connectivity index (χ2n) is 3.99. The minimum absolute atomic E-state index is 0.187. The highest BCUT2D eigenvalue weighted by atomic mass is 16.3. The molecule has 2 nitrogen and oxygen atoms in total. The first kappa shape index (κ1) is 10.7. The summed E-state index contributed by atoms with van der Waals surface area (Å²) in [6.45, 7) is 4.43.